The maximum atomic E-state index is 12.3. The van der Waals surface area contributed by atoms with E-state index < -0.39 is 12.0 Å². The van der Waals surface area contributed by atoms with Crippen LogP contribution in [-0.4, -0.2) is 83.2 Å². The van der Waals surface area contributed by atoms with Gasteiger partial charge in [-0.25, -0.2) is 4.79 Å². The molecular formula is C13H24N4O3. The van der Waals surface area contributed by atoms with Crippen LogP contribution in [0.5, 0.6) is 0 Å². The molecule has 0 aromatic rings. The van der Waals surface area contributed by atoms with Crippen molar-refractivity contribution in [3.05, 3.63) is 0 Å². The van der Waals surface area contributed by atoms with Crippen LogP contribution in [0.4, 0.5) is 4.79 Å². The molecule has 2 amide bonds. The van der Waals surface area contributed by atoms with Crippen LogP contribution < -0.4 is 5.73 Å². The van der Waals surface area contributed by atoms with Crippen LogP contribution in [0.15, 0.2) is 0 Å². The molecule has 2 rings (SSSR count). The Bertz CT molecular complexity index is 361. The quantitative estimate of drug-likeness (QED) is 0.721. The molecule has 2 fully saturated rings. The lowest BCUT2D eigenvalue weighted by atomic mass is 10.1. The van der Waals surface area contributed by atoms with E-state index in [1.165, 1.54) is 0 Å². The van der Waals surface area contributed by atoms with Crippen molar-refractivity contribution in [2.75, 3.05) is 39.3 Å². The Kier molecular flexibility index (Phi) is 4.82. The third-order valence-corrected chi connectivity index (χ3v) is 4.30. The number of aliphatic carboxylic acids is 1. The summed E-state index contributed by atoms with van der Waals surface area (Å²) in [7, 11) is 0. The van der Waals surface area contributed by atoms with E-state index in [1.807, 2.05) is 14.7 Å². The van der Waals surface area contributed by atoms with E-state index in [0.717, 1.165) is 25.9 Å². The van der Waals surface area contributed by atoms with Gasteiger partial charge in [0.1, 0.15) is 6.04 Å². The molecular weight excluding hydrogens is 260 g/mol. The lowest BCUT2D eigenvalue weighted by Crippen LogP contribution is -2.57. The SMILES string of the molecule is CC(C(=O)O)N1CCN(C(=O)N2CCC(N)CC2)CC1. The highest BCUT2D eigenvalue weighted by Crippen LogP contribution is 2.13. The van der Waals surface area contributed by atoms with Gasteiger partial charge in [-0.1, -0.05) is 0 Å². The fourth-order valence-electron chi connectivity index (χ4n) is 2.75. The summed E-state index contributed by atoms with van der Waals surface area (Å²) >= 11 is 0. The zero-order valence-electron chi connectivity index (χ0n) is 12.0. The first-order valence-electron chi connectivity index (χ1n) is 7.25. The largest absolute Gasteiger partial charge is 0.480 e. The Labute approximate surface area is 119 Å². The molecule has 0 aromatic heterocycles. The summed E-state index contributed by atoms with van der Waals surface area (Å²) in [5, 5.41) is 9.00. The predicted molar refractivity (Wildman–Crippen MR) is 74.4 cm³/mol. The Hall–Kier alpha value is -1.34. The van der Waals surface area contributed by atoms with Crippen molar-refractivity contribution in [1.29, 1.82) is 0 Å². The minimum absolute atomic E-state index is 0.0690. The van der Waals surface area contributed by atoms with Gasteiger partial charge >= 0.3 is 12.0 Å². The van der Waals surface area contributed by atoms with Crippen molar-refractivity contribution in [2.45, 2.75) is 31.8 Å². The number of hydrogen-bond acceptors (Lipinski definition) is 4. The van der Waals surface area contributed by atoms with Crippen LogP contribution in [0.3, 0.4) is 0 Å². The zero-order chi connectivity index (χ0) is 14.7. The third kappa shape index (κ3) is 3.40. The molecule has 1 unspecified atom stereocenters. The van der Waals surface area contributed by atoms with Crippen molar-refractivity contribution in [1.82, 2.24) is 14.7 Å². The topological polar surface area (TPSA) is 90.1 Å². The third-order valence-electron chi connectivity index (χ3n) is 4.30. The molecule has 2 aliphatic rings. The number of carboxylic acids is 1. The normalized spacial score (nSPS) is 23.7. The summed E-state index contributed by atoms with van der Waals surface area (Å²) in [5.41, 5.74) is 5.84. The number of nitrogens with two attached hydrogens (primary N) is 1. The lowest BCUT2D eigenvalue weighted by Gasteiger charge is -2.40. The van der Waals surface area contributed by atoms with E-state index in [4.69, 9.17) is 10.8 Å². The summed E-state index contributed by atoms with van der Waals surface area (Å²) in [6.07, 6.45) is 1.73. The van der Waals surface area contributed by atoms with Gasteiger partial charge in [0.2, 0.25) is 0 Å². The minimum atomic E-state index is -0.810. The number of urea groups is 1. The van der Waals surface area contributed by atoms with E-state index in [2.05, 4.69) is 0 Å². The van der Waals surface area contributed by atoms with E-state index >= 15 is 0 Å². The van der Waals surface area contributed by atoms with Crippen molar-refractivity contribution < 1.29 is 14.7 Å². The highest BCUT2D eigenvalue weighted by molar-refractivity contribution is 5.75. The summed E-state index contributed by atoms with van der Waals surface area (Å²) in [6, 6.07) is -0.202. The van der Waals surface area contributed by atoms with Crippen molar-refractivity contribution >= 4 is 12.0 Å². The standard InChI is InChI=1S/C13H24N4O3/c1-10(12(18)19)15-6-8-17(9-7-15)13(20)16-4-2-11(14)3-5-16/h10-11H,2-9,14H2,1H3,(H,18,19). The number of piperidine rings is 1. The van der Waals surface area contributed by atoms with Gasteiger partial charge in [0.15, 0.2) is 0 Å². The summed E-state index contributed by atoms with van der Waals surface area (Å²) in [6.45, 7) is 5.57. The molecule has 7 heteroatoms. The lowest BCUT2D eigenvalue weighted by molar-refractivity contribution is -0.143. The minimum Gasteiger partial charge on any atom is -0.480 e. The van der Waals surface area contributed by atoms with Crippen LogP contribution in [0.1, 0.15) is 19.8 Å². The number of hydrogen-bond donors (Lipinski definition) is 2. The summed E-state index contributed by atoms with van der Waals surface area (Å²) in [5.74, 6) is -0.810. The van der Waals surface area contributed by atoms with Gasteiger partial charge in [-0.05, 0) is 19.8 Å². The number of amides is 2. The molecule has 2 aliphatic heterocycles. The first-order chi connectivity index (χ1) is 9.49. The maximum Gasteiger partial charge on any atom is 0.320 e. The Morgan fingerprint density at radius 2 is 1.55 bits per heavy atom. The fourth-order valence-corrected chi connectivity index (χ4v) is 2.75. The summed E-state index contributed by atoms with van der Waals surface area (Å²) < 4.78 is 0. The number of carbonyl (C=O) groups excluding carboxylic acids is 1. The van der Waals surface area contributed by atoms with E-state index in [1.54, 1.807) is 6.92 Å². The molecule has 2 saturated heterocycles. The van der Waals surface area contributed by atoms with Crippen LogP contribution >= 0.6 is 0 Å². The molecule has 0 saturated carbocycles. The molecule has 7 nitrogen and oxygen atoms in total. The molecule has 114 valence electrons. The van der Waals surface area contributed by atoms with Gasteiger partial charge in [0.05, 0.1) is 0 Å². The zero-order valence-corrected chi connectivity index (χ0v) is 12.0. The monoisotopic (exact) mass is 284 g/mol. The van der Waals surface area contributed by atoms with Gasteiger partial charge in [-0.3, -0.25) is 9.69 Å². The molecule has 0 aliphatic carbocycles. The average molecular weight is 284 g/mol. The molecule has 20 heavy (non-hydrogen) atoms. The highest BCUT2D eigenvalue weighted by atomic mass is 16.4. The molecule has 0 bridgehead atoms. The Morgan fingerprint density at radius 1 is 1.05 bits per heavy atom. The fraction of sp³-hybridized carbons (Fsp3) is 0.846. The van der Waals surface area contributed by atoms with Crippen LogP contribution in [-0.2, 0) is 4.79 Å². The van der Waals surface area contributed by atoms with Crippen LogP contribution in [0.25, 0.3) is 0 Å². The molecule has 0 aromatic carbocycles. The van der Waals surface area contributed by atoms with Crippen molar-refractivity contribution in [3.8, 4) is 0 Å². The van der Waals surface area contributed by atoms with Gasteiger partial charge in [0, 0.05) is 45.3 Å². The number of rotatable bonds is 2. The highest BCUT2D eigenvalue weighted by Gasteiger charge is 2.30. The molecule has 0 radical (unpaired) electrons. The number of likely N-dealkylation sites (tertiary alicyclic amines) is 1. The molecule has 0 spiro atoms. The second kappa shape index (κ2) is 6.41. The maximum absolute atomic E-state index is 12.3. The van der Waals surface area contributed by atoms with Crippen molar-refractivity contribution in [3.63, 3.8) is 0 Å². The van der Waals surface area contributed by atoms with E-state index in [-0.39, 0.29) is 12.1 Å². The second-order valence-corrected chi connectivity index (χ2v) is 5.64. The number of carboxylic acid groups (broad SMARTS) is 1. The van der Waals surface area contributed by atoms with E-state index in [9.17, 15) is 9.59 Å². The molecule has 3 N–H and O–H groups in total. The van der Waals surface area contributed by atoms with Gasteiger partial charge in [-0.2, -0.15) is 0 Å². The average Bonchev–Trinajstić information content (AvgIpc) is 2.46. The molecule has 2 heterocycles. The smallest absolute Gasteiger partial charge is 0.320 e. The van der Waals surface area contributed by atoms with Crippen LogP contribution in [0, 0.1) is 0 Å². The second-order valence-electron chi connectivity index (χ2n) is 5.64. The van der Waals surface area contributed by atoms with Crippen molar-refractivity contribution in [2.24, 2.45) is 5.73 Å². The predicted octanol–water partition coefficient (Wildman–Crippen LogP) is -0.380. The van der Waals surface area contributed by atoms with Gasteiger partial charge in [-0.15, -0.1) is 0 Å². The number of piperazine rings is 1. The Balaban J connectivity index is 1.81. The number of carbonyl (C=O) groups is 2. The summed E-state index contributed by atoms with van der Waals surface area (Å²) in [4.78, 5) is 28.9. The number of nitrogens with zero attached hydrogens (tertiary/aromatic N) is 3. The van der Waals surface area contributed by atoms with Crippen LogP contribution in [0.2, 0.25) is 0 Å². The van der Waals surface area contributed by atoms with Gasteiger partial charge < -0.3 is 20.6 Å². The molecule has 1 atom stereocenters. The first-order valence-corrected chi connectivity index (χ1v) is 7.25. The first kappa shape index (κ1) is 15.1. The Morgan fingerprint density at radius 3 is 2.05 bits per heavy atom. The van der Waals surface area contributed by atoms with E-state index in [0.29, 0.717) is 26.2 Å². The van der Waals surface area contributed by atoms with Gasteiger partial charge in [0.25, 0.3) is 0 Å².